The molecule has 3 aromatic rings. The summed E-state index contributed by atoms with van der Waals surface area (Å²) < 4.78 is 4.62. The Morgan fingerprint density at radius 3 is 2.24 bits per heavy atom. The van der Waals surface area contributed by atoms with E-state index in [1.54, 1.807) is 0 Å². The summed E-state index contributed by atoms with van der Waals surface area (Å²) >= 11 is 0. The largest absolute Gasteiger partial charge is 0.244 e. The zero-order valence-electron chi connectivity index (χ0n) is 12.4. The monoisotopic (exact) mass is 277 g/mol. The fourth-order valence-electron chi connectivity index (χ4n) is 2.65. The van der Waals surface area contributed by atoms with Gasteiger partial charge in [0.05, 0.1) is 6.54 Å². The minimum Gasteiger partial charge on any atom is -0.232 e. The van der Waals surface area contributed by atoms with E-state index >= 15 is 0 Å². The van der Waals surface area contributed by atoms with Crippen LogP contribution in [0.1, 0.15) is 18.9 Å². The number of benzene rings is 2. The Morgan fingerprint density at radius 2 is 1.57 bits per heavy atom. The van der Waals surface area contributed by atoms with E-state index in [0.717, 1.165) is 19.5 Å². The Labute approximate surface area is 126 Å². The van der Waals surface area contributed by atoms with Crippen LogP contribution >= 0.6 is 0 Å². The van der Waals surface area contributed by atoms with Crippen molar-refractivity contribution < 1.29 is 4.57 Å². The molecule has 2 nitrogen and oxygen atoms in total. The highest BCUT2D eigenvalue weighted by atomic mass is 15.1. The van der Waals surface area contributed by atoms with Crippen LogP contribution < -0.4 is 4.57 Å². The SMILES string of the molecule is CCCn1c[n+](Cc2ccccc2)cc1-c1ccccc1. The minimum absolute atomic E-state index is 0.914. The summed E-state index contributed by atoms with van der Waals surface area (Å²) in [6.45, 7) is 4.18. The van der Waals surface area contributed by atoms with Crippen molar-refractivity contribution in [3.05, 3.63) is 78.8 Å². The van der Waals surface area contributed by atoms with E-state index in [9.17, 15) is 0 Å². The van der Waals surface area contributed by atoms with E-state index in [2.05, 4.69) is 89.2 Å². The Hall–Kier alpha value is -2.35. The van der Waals surface area contributed by atoms with Gasteiger partial charge in [-0.3, -0.25) is 0 Å². The molecule has 3 rings (SSSR count). The van der Waals surface area contributed by atoms with Gasteiger partial charge in [-0.05, 0) is 12.0 Å². The summed E-state index contributed by atoms with van der Waals surface area (Å²) in [5.41, 5.74) is 3.89. The molecule has 0 radical (unpaired) electrons. The average Bonchev–Trinajstić information content (AvgIpc) is 2.92. The first-order valence-corrected chi connectivity index (χ1v) is 7.55. The highest BCUT2D eigenvalue weighted by Gasteiger charge is 2.14. The molecular formula is C19H21N2+. The molecular weight excluding hydrogens is 256 g/mol. The zero-order valence-corrected chi connectivity index (χ0v) is 12.4. The fourth-order valence-corrected chi connectivity index (χ4v) is 2.65. The molecule has 0 saturated heterocycles. The van der Waals surface area contributed by atoms with Gasteiger partial charge in [0, 0.05) is 5.56 Å². The van der Waals surface area contributed by atoms with Crippen molar-refractivity contribution >= 4 is 0 Å². The Balaban J connectivity index is 1.93. The maximum Gasteiger partial charge on any atom is 0.244 e. The van der Waals surface area contributed by atoms with Gasteiger partial charge < -0.3 is 0 Å². The van der Waals surface area contributed by atoms with Crippen LogP contribution in [0.5, 0.6) is 0 Å². The van der Waals surface area contributed by atoms with Crippen LogP contribution in [-0.2, 0) is 13.1 Å². The summed E-state index contributed by atoms with van der Waals surface area (Å²) in [7, 11) is 0. The average molecular weight is 277 g/mol. The molecule has 0 spiro atoms. The first kappa shape index (κ1) is 13.6. The molecule has 0 bridgehead atoms. The number of rotatable bonds is 5. The van der Waals surface area contributed by atoms with Crippen LogP contribution in [0.3, 0.4) is 0 Å². The second-order valence-electron chi connectivity index (χ2n) is 5.35. The van der Waals surface area contributed by atoms with Crippen molar-refractivity contribution in [3.8, 4) is 11.3 Å². The second kappa shape index (κ2) is 6.40. The standard InChI is InChI=1S/C19H21N2/c1-2-13-21-16-20(14-17-9-5-3-6-10-17)15-19(21)18-11-7-4-8-12-18/h3-12,15-16H,2,13-14H2,1H3/q+1. The second-order valence-corrected chi connectivity index (χ2v) is 5.35. The molecule has 0 unspecified atom stereocenters. The predicted molar refractivity (Wildman–Crippen MR) is 85.9 cm³/mol. The maximum atomic E-state index is 2.35. The molecule has 0 atom stereocenters. The molecule has 1 heterocycles. The van der Waals surface area contributed by atoms with Gasteiger partial charge >= 0.3 is 0 Å². The van der Waals surface area contributed by atoms with Crippen LogP contribution in [0.15, 0.2) is 73.2 Å². The number of imidazole rings is 1. The Kier molecular flexibility index (Phi) is 4.15. The topological polar surface area (TPSA) is 8.81 Å². The molecule has 0 saturated carbocycles. The van der Waals surface area contributed by atoms with Crippen molar-refractivity contribution in [2.24, 2.45) is 0 Å². The summed E-state index contributed by atoms with van der Waals surface area (Å²) in [6, 6.07) is 21.2. The number of aromatic nitrogens is 2. The van der Waals surface area contributed by atoms with Gasteiger partial charge in [0.1, 0.15) is 12.7 Å². The van der Waals surface area contributed by atoms with Gasteiger partial charge in [-0.2, -0.15) is 0 Å². The minimum atomic E-state index is 0.914. The third-order valence-corrected chi connectivity index (χ3v) is 3.63. The van der Waals surface area contributed by atoms with Crippen LogP contribution in [0.25, 0.3) is 11.3 Å². The number of hydrogen-bond donors (Lipinski definition) is 0. The molecule has 0 aliphatic carbocycles. The smallest absolute Gasteiger partial charge is 0.232 e. The van der Waals surface area contributed by atoms with Gasteiger partial charge in [-0.15, -0.1) is 0 Å². The quantitative estimate of drug-likeness (QED) is 0.625. The number of nitrogens with zero attached hydrogens (tertiary/aromatic N) is 2. The van der Waals surface area contributed by atoms with Gasteiger partial charge in [-0.1, -0.05) is 67.6 Å². The molecule has 106 valence electrons. The highest BCUT2D eigenvalue weighted by molar-refractivity contribution is 5.57. The van der Waals surface area contributed by atoms with E-state index in [1.807, 2.05) is 0 Å². The summed E-state index contributed by atoms with van der Waals surface area (Å²) in [5, 5.41) is 0. The van der Waals surface area contributed by atoms with Crippen LogP contribution in [-0.4, -0.2) is 4.57 Å². The van der Waals surface area contributed by atoms with Crippen LogP contribution in [0.4, 0.5) is 0 Å². The van der Waals surface area contributed by atoms with Gasteiger partial charge in [0.15, 0.2) is 5.69 Å². The molecule has 0 N–H and O–H groups in total. The van der Waals surface area contributed by atoms with Gasteiger partial charge in [0.2, 0.25) is 6.33 Å². The lowest BCUT2D eigenvalue weighted by Gasteiger charge is -1.99. The lowest BCUT2D eigenvalue weighted by molar-refractivity contribution is -0.687. The lowest BCUT2D eigenvalue weighted by Crippen LogP contribution is -2.31. The molecule has 21 heavy (non-hydrogen) atoms. The third kappa shape index (κ3) is 3.22. The number of hydrogen-bond acceptors (Lipinski definition) is 0. The maximum absolute atomic E-state index is 2.35. The molecule has 0 amide bonds. The van der Waals surface area contributed by atoms with Crippen molar-refractivity contribution in [3.63, 3.8) is 0 Å². The first-order valence-electron chi connectivity index (χ1n) is 7.55. The van der Waals surface area contributed by atoms with Gasteiger partial charge in [0.25, 0.3) is 0 Å². The van der Waals surface area contributed by atoms with E-state index in [0.29, 0.717) is 0 Å². The van der Waals surface area contributed by atoms with Crippen molar-refractivity contribution in [1.82, 2.24) is 4.57 Å². The summed E-state index contributed by atoms with van der Waals surface area (Å²) in [4.78, 5) is 0. The van der Waals surface area contributed by atoms with Crippen LogP contribution in [0, 0.1) is 0 Å². The van der Waals surface area contributed by atoms with E-state index in [1.165, 1.54) is 16.8 Å². The lowest BCUT2D eigenvalue weighted by atomic mass is 10.1. The predicted octanol–water partition coefficient (Wildman–Crippen LogP) is 3.90. The van der Waals surface area contributed by atoms with E-state index < -0.39 is 0 Å². The van der Waals surface area contributed by atoms with Crippen molar-refractivity contribution in [2.75, 3.05) is 0 Å². The first-order chi connectivity index (χ1) is 10.4. The summed E-state index contributed by atoms with van der Waals surface area (Å²) in [5.74, 6) is 0. The Morgan fingerprint density at radius 1 is 0.905 bits per heavy atom. The van der Waals surface area contributed by atoms with Crippen molar-refractivity contribution in [1.29, 1.82) is 0 Å². The molecule has 0 aliphatic heterocycles. The normalized spacial score (nSPS) is 10.7. The van der Waals surface area contributed by atoms with Crippen molar-refractivity contribution in [2.45, 2.75) is 26.4 Å². The highest BCUT2D eigenvalue weighted by Crippen LogP contribution is 2.18. The molecule has 2 heteroatoms. The third-order valence-electron chi connectivity index (χ3n) is 3.63. The van der Waals surface area contributed by atoms with Crippen LogP contribution in [0.2, 0.25) is 0 Å². The zero-order chi connectivity index (χ0) is 14.5. The number of aryl methyl sites for hydroxylation is 1. The van der Waals surface area contributed by atoms with Gasteiger partial charge in [-0.25, -0.2) is 9.13 Å². The fraction of sp³-hybridized carbons (Fsp3) is 0.211. The molecule has 2 aromatic carbocycles. The Bertz CT molecular complexity index is 684. The van der Waals surface area contributed by atoms with E-state index in [-0.39, 0.29) is 0 Å². The summed E-state index contributed by atoms with van der Waals surface area (Å²) in [6.07, 6.45) is 5.61. The molecule has 0 aliphatic rings. The molecule has 1 aromatic heterocycles. The molecule has 0 fully saturated rings. The van der Waals surface area contributed by atoms with E-state index in [4.69, 9.17) is 0 Å².